The van der Waals surface area contributed by atoms with E-state index in [9.17, 15) is 5.11 Å². The molecule has 0 aliphatic rings. The van der Waals surface area contributed by atoms with Gasteiger partial charge in [-0.05, 0) is 48.0 Å². The number of hydrogen-bond donors (Lipinski definition) is 1. The van der Waals surface area contributed by atoms with Crippen LogP contribution in [0.5, 0.6) is 5.75 Å². The first-order valence-corrected chi connectivity index (χ1v) is 7.22. The Hall–Kier alpha value is -0.840. The first-order chi connectivity index (χ1) is 8.52. The second kappa shape index (κ2) is 5.43. The van der Waals surface area contributed by atoms with Crippen molar-refractivity contribution in [2.24, 2.45) is 0 Å². The van der Waals surface area contributed by atoms with E-state index in [2.05, 4.69) is 15.9 Å². The number of thiophene rings is 1. The molecule has 18 heavy (non-hydrogen) atoms. The molecule has 0 aliphatic carbocycles. The topological polar surface area (TPSA) is 29.5 Å². The zero-order valence-electron chi connectivity index (χ0n) is 10.5. The highest BCUT2D eigenvalue weighted by Gasteiger charge is 2.18. The van der Waals surface area contributed by atoms with E-state index in [4.69, 9.17) is 4.74 Å². The lowest BCUT2D eigenvalue weighted by atomic mass is 10.0. The summed E-state index contributed by atoms with van der Waals surface area (Å²) in [6.45, 7) is 4.03. The van der Waals surface area contributed by atoms with Crippen LogP contribution in [0.2, 0.25) is 0 Å². The Morgan fingerprint density at radius 3 is 2.56 bits per heavy atom. The number of hydrogen-bond acceptors (Lipinski definition) is 3. The molecular weight excluding hydrogens is 312 g/mol. The average molecular weight is 327 g/mol. The summed E-state index contributed by atoms with van der Waals surface area (Å²) in [5.74, 6) is 0.718. The summed E-state index contributed by atoms with van der Waals surface area (Å²) >= 11 is 5.06. The molecule has 0 saturated heterocycles. The summed E-state index contributed by atoms with van der Waals surface area (Å²) in [5.41, 5.74) is 1.92. The molecule has 0 saturated carbocycles. The van der Waals surface area contributed by atoms with Gasteiger partial charge in [0.2, 0.25) is 0 Å². The maximum atomic E-state index is 10.5. The molecule has 0 radical (unpaired) electrons. The Morgan fingerprint density at radius 2 is 2.00 bits per heavy atom. The molecule has 0 aliphatic heterocycles. The van der Waals surface area contributed by atoms with E-state index in [0.29, 0.717) is 0 Å². The van der Waals surface area contributed by atoms with Crippen LogP contribution < -0.4 is 4.74 Å². The van der Waals surface area contributed by atoms with Crippen molar-refractivity contribution in [3.8, 4) is 5.75 Å². The number of halogens is 1. The zero-order chi connectivity index (χ0) is 13.3. The maximum absolute atomic E-state index is 10.5. The Labute approximate surface area is 119 Å². The fourth-order valence-corrected chi connectivity index (χ4v) is 3.40. The molecule has 2 nitrogen and oxygen atoms in total. The molecule has 0 bridgehead atoms. The predicted molar refractivity (Wildman–Crippen MR) is 78.5 cm³/mol. The molecule has 0 fully saturated rings. The van der Waals surface area contributed by atoms with E-state index >= 15 is 0 Å². The fourth-order valence-electron chi connectivity index (χ4n) is 1.84. The van der Waals surface area contributed by atoms with Gasteiger partial charge in [0.05, 0.1) is 7.11 Å². The lowest BCUT2D eigenvalue weighted by molar-refractivity contribution is 0.218. The van der Waals surface area contributed by atoms with Gasteiger partial charge < -0.3 is 9.84 Å². The molecule has 4 heteroatoms. The van der Waals surface area contributed by atoms with Crippen molar-refractivity contribution in [1.82, 2.24) is 0 Å². The van der Waals surface area contributed by atoms with Gasteiger partial charge in [-0.15, -0.1) is 11.3 Å². The lowest BCUT2D eigenvalue weighted by Gasteiger charge is -2.14. The third-order valence-corrected chi connectivity index (χ3v) is 5.01. The van der Waals surface area contributed by atoms with E-state index in [1.54, 1.807) is 18.4 Å². The second-order valence-electron chi connectivity index (χ2n) is 4.20. The van der Waals surface area contributed by atoms with Gasteiger partial charge in [0, 0.05) is 19.8 Å². The molecular formula is C14H15BrO2S. The highest BCUT2D eigenvalue weighted by Crippen LogP contribution is 2.37. The highest BCUT2D eigenvalue weighted by molar-refractivity contribution is 9.10. The molecule has 1 aromatic carbocycles. The van der Waals surface area contributed by atoms with Gasteiger partial charge in [0.25, 0.3) is 0 Å². The molecule has 1 atom stereocenters. The standard InChI is InChI=1S/C14H15BrO2S/c1-8-4-5-12(17-3)10(6-8)14(16)13-7-11(15)9(2)18-13/h4-7,14,16H,1-3H3. The summed E-state index contributed by atoms with van der Waals surface area (Å²) < 4.78 is 6.35. The Balaban J connectivity index is 2.44. The van der Waals surface area contributed by atoms with E-state index in [-0.39, 0.29) is 0 Å². The van der Waals surface area contributed by atoms with Crippen molar-refractivity contribution >= 4 is 27.3 Å². The zero-order valence-corrected chi connectivity index (χ0v) is 12.9. The third-order valence-electron chi connectivity index (χ3n) is 2.83. The monoisotopic (exact) mass is 326 g/mol. The molecule has 1 N–H and O–H groups in total. The largest absolute Gasteiger partial charge is 0.496 e. The minimum Gasteiger partial charge on any atom is -0.496 e. The molecule has 0 amide bonds. The van der Waals surface area contributed by atoms with Crippen LogP contribution in [0.3, 0.4) is 0 Å². The SMILES string of the molecule is COc1ccc(C)cc1C(O)c1cc(Br)c(C)s1. The number of rotatable bonds is 3. The first-order valence-electron chi connectivity index (χ1n) is 5.61. The normalized spacial score (nSPS) is 12.5. The Morgan fingerprint density at radius 1 is 1.28 bits per heavy atom. The number of aliphatic hydroxyl groups is 1. The Kier molecular flexibility index (Phi) is 4.10. The number of ether oxygens (including phenoxy) is 1. The summed E-state index contributed by atoms with van der Waals surface area (Å²) in [5, 5.41) is 10.5. The fraction of sp³-hybridized carbons (Fsp3) is 0.286. The van der Waals surface area contributed by atoms with Crippen LogP contribution in [0.4, 0.5) is 0 Å². The van der Waals surface area contributed by atoms with Gasteiger partial charge in [-0.1, -0.05) is 11.6 Å². The van der Waals surface area contributed by atoms with Crippen molar-refractivity contribution < 1.29 is 9.84 Å². The van der Waals surface area contributed by atoms with Crippen LogP contribution in [0.1, 0.15) is 27.0 Å². The average Bonchev–Trinajstić information content (AvgIpc) is 2.68. The summed E-state index contributed by atoms with van der Waals surface area (Å²) in [4.78, 5) is 2.08. The second-order valence-corrected chi connectivity index (χ2v) is 6.34. The summed E-state index contributed by atoms with van der Waals surface area (Å²) in [6, 6.07) is 7.80. The first kappa shape index (κ1) is 13.6. The van der Waals surface area contributed by atoms with E-state index in [1.807, 2.05) is 38.1 Å². The minimum absolute atomic E-state index is 0.644. The molecule has 96 valence electrons. The van der Waals surface area contributed by atoms with Crippen molar-refractivity contribution in [3.05, 3.63) is 49.6 Å². The van der Waals surface area contributed by atoms with E-state index < -0.39 is 6.10 Å². The van der Waals surface area contributed by atoms with Crippen molar-refractivity contribution in [1.29, 1.82) is 0 Å². The quantitative estimate of drug-likeness (QED) is 0.915. The van der Waals surface area contributed by atoms with E-state index in [1.165, 1.54) is 0 Å². The highest BCUT2D eigenvalue weighted by atomic mass is 79.9. The van der Waals surface area contributed by atoms with Gasteiger partial charge in [0.15, 0.2) is 0 Å². The third kappa shape index (κ3) is 2.60. The van der Waals surface area contributed by atoms with Crippen molar-refractivity contribution in [2.75, 3.05) is 7.11 Å². The Bertz CT molecular complexity index is 543. The number of methoxy groups -OCH3 is 1. The van der Waals surface area contributed by atoms with Crippen LogP contribution >= 0.6 is 27.3 Å². The summed E-state index contributed by atoms with van der Waals surface area (Å²) in [6.07, 6.45) is -0.644. The lowest BCUT2D eigenvalue weighted by Crippen LogP contribution is -2.01. The van der Waals surface area contributed by atoms with Gasteiger partial charge in [-0.25, -0.2) is 0 Å². The number of aliphatic hydroxyl groups excluding tert-OH is 1. The summed E-state index contributed by atoms with van der Waals surface area (Å²) in [7, 11) is 1.62. The predicted octanol–water partition coefficient (Wildman–Crippen LogP) is 4.22. The minimum atomic E-state index is -0.644. The number of aryl methyl sites for hydroxylation is 2. The van der Waals surface area contributed by atoms with Gasteiger partial charge in [-0.3, -0.25) is 0 Å². The molecule has 1 aromatic heterocycles. The molecule has 1 heterocycles. The maximum Gasteiger partial charge on any atom is 0.125 e. The molecule has 2 rings (SSSR count). The molecule has 1 unspecified atom stereocenters. The van der Waals surface area contributed by atoms with Gasteiger partial charge in [0.1, 0.15) is 11.9 Å². The van der Waals surface area contributed by atoms with Crippen LogP contribution in [0.25, 0.3) is 0 Å². The molecule has 0 spiro atoms. The van der Waals surface area contributed by atoms with Crippen LogP contribution in [-0.4, -0.2) is 12.2 Å². The van der Waals surface area contributed by atoms with Gasteiger partial charge >= 0.3 is 0 Å². The van der Waals surface area contributed by atoms with Crippen LogP contribution in [0, 0.1) is 13.8 Å². The number of benzene rings is 1. The van der Waals surface area contributed by atoms with Gasteiger partial charge in [-0.2, -0.15) is 0 Å². The van der Waals surface area contributed by atoms with Crippen LogP contribution in [-0.2, 0) is 0 Å². The van der Waals surface area contributed by atoms with Crippen molar-refractivity contribution in [2.45, 2.75) is 20.0 Å². The smallest absolute Gasteiger partial charge is 0.125 e. The molecule has 2 aromatic rings. The van der Waals surface area contributed by atoms with E-state index in [0.717, 1.165) is 31.1 Å². The van der Waals surface area contributed by atoms with Crippen molar-refractivity contribution in [3.63, 3.8) is 0 Å². The van der Waals surface area contributed by atoms with Crippen LogP contribution in [0.15, 0.2) is 28.7 Å².